The first-order valence-electron chi connectivity index (χ1n) is 8.43. The van der Waals surface area contributed by atoms with Crippen molar-refractivity contribution in [3.63, 3.8) is 0 Å². The lowest BCUT2D eigenvalue weighted by Crippen LogP contribution is -2.38. The molecule has 1 aromatic heterocycles. The van der Waals surface area contributed by atoms with Gasteiger partial charge in [-0.15, -0.1) is 11.3 Å². The lowest BCUT2D eigenvalue weighted by atomic mass is 9.84. The highest BCUT2D eigenvalue weighted by Crippen LogP contribution is 2.44. The molecule has 25 heavy (non-hydrogen) atoms. The van der Waals surface area contributed by atoms with Crippen LogP contribution in [0.1, 0.15) is 58.8 Å². The summed E-state index contributed by atoms with van der Waals surface area (Å²) < 4.78 is 0.831. The Balaban J connectivity index is 1.78. The smallest absolute Gasteiger partial charge is 0.252 e. The second-order valence-corrected chi connectivity index (χ2v) is 9.11. The van der Waals surface area contributed by atoms with Crippen molar-refractivity contribution in [3.8, 4) is 0 Å². The Hall–Kier alpha value is -0.880. The summed E-state index contributed by atoms with van der Waals surface area (Å²) in [4.78, 5) is 14.8. The van der Waals surface area contributed by atoms with Crippen LogP contribution in [0.25, 0.3) is 0 Å². The summed E-state index contributed by atoms with van der Waals surface area (Å²) in [5, 5.41) is 13.3. The molecule has 0 radical (unpaired) electrons. The van der Waals surface area contributed by atoms with Crippen molar-refractivity contribution in [3.05, 3.63) is 55.1 Å². The molecule has 3 nitrogen and oxygen atoms in total. The molecule has 0 saturated heterocycles. The lowest BCUT2D eigenvalue weighted by Gasteiger charge is -2.28. The largest absolute Gasteiger partial charge is 0.388 e. The lowest BCUT2D eigenvalue weighted by molar-refractivity contribution is 0.0943. The molecular weight excluding hydrogens is 422 g/mol. The van der Waals surface area contributed by atoms with E-state index in [0.29, 0.717) is 17.1 Å². The summed E-state index contributed by atoms with van der Waals surface area (Å²) in [6.07, 6.45) is 3.98. The van der Waals surface area contributed by atoms with Gasteiger partial charge in [0.2, 0.25) is 0 Å². The van der Waals surface area contributed by atoms with Crippen LogP contribution < -0.4 is 5.32 Å². The van der Waals surface area contributed by atoms with Crippen molar-refractivity contribution in [2.24, 2.45) is 0 Å². The summed E-state index contributed by atoms with van der Waals surface area (Å²) in [5.74, 6) is -0.148. The summed E-state index contributed by atoms with van der Waals surface area (Å²) >= 11 is 11.2. The van der Waals surface area contributed by atoms with Gasteiger partial charge in [0.25, 0.3) is 5.91 Å². The topological polar surface area (TPSA) is 49.3 Å². The van der Waals surface area contributed by atoms with Gasteiger partial charge in [0.15, 0.2) is 0 Å². The van der Waals surface area contributed by atoms with Gasteiger partial charge >= 0.3 is 0 Å². The van der Waals surface area contributed by atoms with Gasteiger partial charge < -0.3 is 10.4 Å². The second kappa shape index (κ2) is 7.78. The maximum Gasteiger partial charge on any atom is 0.252 e. The van der Waals surface area contributed by atoms with E-state index in [-0.39, 0.29) is 11.3 Å². The van der Waals surface area contributed by atoms with Gasteiger partial charge in [-0.2, -0.15) is 0 Å². The molecule has 0 aliphatic heterocycles. The molecule has 0 spiro atoms. The molecule has 0 bridgehead atoms. The molecule has 1 aliphatic carbocycles. The van der Waals surface area contributed by atoms with Crippen molar-refractivity contribution >= 4 is 44.8 Å². The number of hydrogen-bond donors (Lipinski definition) is 2. The molecule has 1 amide bonds. The number of carbonyl (C=O) groups is 1. The number of rotatable bonds is 5. The third-order valence-corrected chi connectivity index (χ3v) is 7.21. The van der Waals surface area contributed by atoms with Crippen molar-refractivity contribution < 1.29 is 9.90 Å². The highest BCUT2D eigenvalue weighted by atomic mass is 79.9. The number of halogens is 2. The highest BCUT2D eigenvalue weighted by Gasteiger charge is 2.37. The Morgan fingerprint density at radius 1 is 1.36 bits per heavy atom. The second-order valence-electron chi connectivity index (χ2n) is 6.67. The number of benzene rings is 1. The zero-order valence-corrected chi connectivity index (χ0v) is 17.2. The van der Waals surface area contributed by atoms with Crippen LogP contribution in [-0.4, -0.2) is 17.6 Å². The molecule has 134 valence electrons. The van der Waals surface area contributed by atoms with Gasteiger partial charge in [0.05, 0.1) is 16.7 Å². The third kappa shape index (κ3) is 4.11. The normalized spacial score (nSPS) is 17.4. The van der Waals surface area contributed by atoms with Crippen molar-refractivity contribution in [1.29, 1.82) is 0 Å². The summed E-state index contributed by atoms with van der Waals surface area (Å²) in [5.41, 5.74) is 0.450. The van der Waals surface area contributed by atoms with Crippen LogP contribution in [0.3, 0.4) is 0 Å². The summed E-state index contributed by atoms with van der Waals surface area (Å²) in [6, 6.07) is 9.39. The molecule has 1 aliphatic rings. The maximum atomic E-state index is 12.6. The molecule has 3 rings (SSSR count). The van der Waals surface area contributed by atoms with E-state index in [1.807, 2.05) is 12.1 Å². The van der Waals surface area contributed by atoms with E-state index in [2.05, 4.69) is 27.3 Å². The summed E-state index contributed by atoms with van der Waals surface area (Å²) in [7, 11) is 0. The van der Waals surface area contributed by atoms with Gasteiger partial charge in [0.1, 0.15) is 0 Å². The fourth-order valence-electron chi connectivity index (χ4n) is 3.44. The van der Waals surface area contributed by atoms with Crippen LogP contribution in [0.4, 0.5) is 0 Å². The molecule has 1 fully saturated rings. The van der Waals surface area contributed by atoms with Crippen LogP contribution in [0, 0.1) is 0 Å². The number of thiophene rings is 1. The van der Waals surface area contributed by atoms with E-state index in [1.165, 1.54) is 4.88 Å². The zero-order chi connectivity index (χ0) is 18.0. The molecule has 1 saturated carbocycles. The van der Waals surface area contributed by atoms with Gasteiger partial charge in [-0.1, -0.05) is 40.4 Å². The minimum Gasteiger partial charge on any atom is -0.388 e. The first-order chi connectivity index (χ1) is 11.9. The third-order valence-electron chi connectivity index (χ3n) is 4.88. The fourth-order valence-corrected chi connectivity index (χ4v) is 5.19. The van der Waals surface area contributed by atoms with E-state index < -0.39 is 6.10 Å². The van der Waals surface area contributed by atoms with Crippen LogP contribution in [0.5, 0.6) is 0 Å². The highest BCUT2D eigenvalue weighted by molar-refractivity contribution is 9.10. The number of nitrogens with one attached hydrogen (secondary N) is 1. The Bertz CT molecular complexity index is 769. The Morgan fingerprint density at radius 3 is 2.72 bits per heavy atom. The molecule has 1 aromatic carbocycles. The SMILES string of the molecule is CC(O)c1ccc(C2(CNC(=O)c3cc(Br)ccc3Cl)CCCC2)s1. The van der Waals surface area contributed by atoms with Crippen LogP contribution in [0.15, 0.2) is 34.8 Å². The maximum absolute atomic E-state index is 12.6. The molecule has 1 heterocycles. The molecule has 1 unspecified atom stereocenters. The number of carbonyl (C=O) groups excluding carboxylic acids is 1. The number of aliphatic hydroxyl groups is 1. The van der Waals surface area contributed by atoms with Crippen molar-refractivity contribution in [1.82, 2.24) is 5.32 Å². The first kappa shape index (κ1) is 18.9. The van der Waals surface area contributed by atoms with Gasteiger partial charge in [0, 0.05) is 26.2 Å². The average molecular weight is 443 g/mol. The number of amides is 1. The van der Waals surface area contributed by atoms with E-state index in [1.54, 1.807) is 30.4 Å². The molecule has 6 heteroatoms. The summed E-state index contributed by atoms with van der Waals surface area (Å²) in [6.45, 7) is 2.38. The first-order valence-corrected chi connectivity index (χ1v) is 10.4. The Labute approximate surface area is 165 Å². The van der Waals surface area contributed by atoms with Crippen molar-refractivity contribution in [2.45, 2.75) is 44.1 Å². The predicted molar refractivity (Wildman–Crippen MR) is 107 cm³/mol. The number of hydrogen-bond acceptors (Lipinski definition) is 3. The minimum absolute atomic E-state index is 0.0358. The average Bonchev–Trinajstić information content (AvgIpc) is 3.24. The van der Waals surface area contributed by atoms with E-state index in [0.717, 1.165) is 35.0 Å². The van der Waals surface area contributed by atoms with Crippen LogP contribution in [-0.2, 0) is 5.41 Å². The molecule has 2 aromatic rings. The van der Waals surface area contributed by atoms with E-state index >= 15 is 0 Å². The van der Waals surface area contributed by atoms with Crippen LogP contribution >= 0.6 is 38.9 Å². The monoisotopic (exact) mass is 441 g/mol. The van der Waals surface area contributed by atoms with E-state index in [9.17, 15) is 9.90 Å². The van der Waals surface area contributed by atoms with E-state index in [4.69, 9.17) is 11.6 Å². The Kier molecular flexibility index (Phi) is 5.88. The van der Waals surface area contributed by atoms with Gasteiger partial charge in [-0.3, -0.25) is 4.79 Å². The minimum atomic E-state index is -0.452. The molecule has 1 atom stereocenters. The van der Waals surface area contributed by atoms with Crippen LogP contribution in [0.2, 0.25) is 5.02 Å². The molecule has 2 N–H and O–H groups in total. The predicted octanol–water partition coefficient (Wildman–Crippen LogP) is 5.46. The Morgan fingerprint density at radius 2 is 2.08 bits per heavy atom. The number of aliphatic hydroxyl groups excluding tert-OH is 1. The zero-order valence-electron chi connectivity index (χ0n) is 14.0. The fraction of sp³-hybridized carbons (Fsp3) is 0.421. The van der Waals surface area contributed by atoms with Crippen molar-refractivity contribution in [2.75, 3.05) is 6.54 Å². The standard InChI is InChI=1S/C19H21BrClNO2S/c1-12(23)16-6-7-17(25-16)19(8-2-3-9-19)11-22-18(24)14-10-13(20)4-5-15(14)21/h4-7,10,12,23H,2-3,8-9,11H2,1H3,(H,22,24). The molecular formula is C19H21BrClNO2S. The quantitative estimate of drug-likeness (QED) is 0.646. The van der Waals surface area contributed by atoms with Gasteiger partial charge in [-0.05, 0) is 50.1 Å². The van der Waals surface area contributed by atoms with Gasteiger partial charge in [-0.25, -0.2) is 0 Å².